The molecule has 0 unspecified atom stereocenters. The van der Waals surface area contributed by atoms with Gasteiger partial charge in [-0.25, -0.2) is 4.79 Å². The van der Waals surface area contributed by atoms with Gasteiger partial charge in [-0.3, -0.25) is 4.79 Å². The molecule has 0 radical (unpaired) electrons. The monoisotopic (exact) mass is 684 g/mol. The van der Waals surface area contributed by atoms with Gasteiger partial charge in [0.1, 0.15) is 29.7 Å². The van der Waals surface area contributed by atoms with Crippen LogP contribution >= 0.6 is 0 Å². The molecule has 6 rings (SSSR count). The highest BCUT2D eigenvalue weighted by Gasteiger charge is 2.43. The van der Waals surface area contributed by atoms with Crippen molar-refractivity contribution < 1.29 is 65.0 Å². The second-order valence-electron chi connectivity index (χ2n) is 11.0. The molecule has 0 amide bonds. The van der Waals surface area contributed by atoms with E-state index >= 15 is 0 Å². The highest BCUT2D eigenvalue weighted by Crippen LogP contribution is 2.43. The van der Waals surface area contributed by atoms with E-state index in [1.54, 1.807) is 36.4 Å². The van der Waals surface area contributed by atoms with E-state index in [1.807, 2.05) is 0 Å². The fourth-order valence-electron chi connectivity index (χ4n) is 5.46. The number of hydrogen-bond donors (Lipinski definition) is 4. The number of aliphatic carboxylic acids is 2. The number of carbonyl (C=O) groups is 2. The van der Waals surface area contributed by atoms with Crippen LogP contribution in [0.4, 0.5) is 26.3 Å². The minimum absolute atomic E-state index is 0.00570. The lowest BCUT2D eigenvalue weighted by Crippen LogP contribution is -2.49. The number of halogens is 6. The fourth-order valence-corrected chi connectivity index (χ4v) is 5.46. The summed E-state index contributed by atoms with van der Waals surface area (Å²) in [6, 6.07) is 12.1. The van der Waals surface area contributed by atoms with E-state index in [-0.39, 0.29) is 29.7 Å². The van der Waals surface area contributed by atoms with Crippen molar-refractivity contribution in [3.05, 3.63) is 59.7 Å². The summed E-state index contributed by atoms with van der Waals surface area (Å²) >= 11 is 0. The second-order valence-corrected chi connectivity index (χ2v) is 11.0. The number of aliphatic hydroxyl groups is 1. The predicted molar refractivity (Wildman–Crippen MR) is 150 cm³/mol. The molecule has 48 heavy (non-hydrogen) atoms. The maximum Gasteiger partial charge on any atom is 0.490 e. The first-order valence-corrected chi connectivity index (χ1v) is 14.3. The zero-order chi connectivity index (χ0) is 34.8. The molecule has 0 spiro atoms. The van der Waals surface area contributed by atoms with Gasteiger partial charge in [0.25, 0.3) is 5.89 Å². The zero-order valence-electron chi connectivity index (χ0n) is 24.5. The summed E-state index contributed by atoms with van der Waals surface area (Å²) in [6.45, 7) is 0.138. The van der Waals surface area contributed by atoms with Crippen LogP contribution in [0.25, 0.3) is 34.3 Å². The van der Waals surface area contributed by atoms with E-state index < -0.39 is 59.6 Å². The first kappa shape index (κ1) is 34.4. The van der Waals surface area contributed by atoms with Gasteiger partial charge in [0.2, 0.25) is 11.6 Å². The fraction of sp³-hybridized carbons (Fsp3) is 0.367. The predicted octanol–water partition coefficient (Wildman–Crippen LogP) is 5.74. The number of aliphatic hydroxyl groups excluding tert-OH is 1. The van der Waals surface area contributed by atoms with Crippen LogP contribution in [0, 0.1) is 5.92 Å². The number of carboxylic acid groups (broad SMARTS) is 2. The van der Waals surface area contributed by atoms with Crippen molar-refractivity contribution in [3.63, 3.8) is 0 Å². The SMILES string of the molecule is O=C(O)C(F)(F)F.O=C(O)[C@@H]1CCC[C@H](N[C@H]2COc3cc(-c4noc(-c5onc(-c6ccccc6)c5C(F)(F)F)n4)ccc3[C@H]2O)C1. The molecule has 2 aliphatic rings. The summed E-state index contributed by atoms with van der Waals surface area (Å²) in [6.07, 6.45) is -8.08. The summed E-state index contributed by atoms with van der Waals surface area (Å²) in [5, 5.41) is 38.3. The Balaban J connectivity index is 0.000000582. The number of nitrogens with one attached hydrogen (secondary N) is 1. The lowest BCUT2D eigenvalue weighted by atomic mass is 9.85. The second kappa shape index (κ2) is 13.6. The van der Waals surface area contributed by atoms with Crippen molar-refractivity contribution in [2.24, 2.45) is 5.92 Å². The number of alkyl halides is 6. The molecule has 2 aromatic carbocycles. The number of nitrogens with zero attached hydrogens (tertiary/aromatic N) is 3. The largest absolute Gasteiger partial charge is 0.491 e. The molecular weight excluding hydrogens is 658 g/mol. The molecule has 0 bridgehead atoms. The van der Waals surface area contributed by atoms with E-state index in [0.29, 0.717) is 29.7 Å². The summed E-state index contributed by atoms with van der Waals surface area (Å²) in [5.41, 5.74) is -0.391. The topological polar surface area (TPSA) is 181 Å². The Morgan fingerprint density at radius 1 is 0.917 bits per heavy atom. The third kappa shape index (κ3) is 7.60. The van der Waals surface area contributed by atoms with E-state index in [4.69, 9.17) is 23.7 Å². The Kier molecular flexibility index (Phi) is 9.76. The zero-order valence-corrected chi connectivity index (χ0v) is 24.5. The number of carboxylic acids is 2. The molecule has 4 atom stereocenters. The van der Waals surface area contributed by atoms with Crippen LogP contribution in [-0.4, -0.2) is 67.4 Å². The highest BCUT2D eigenvalue weighted by atomic mass is 19.4. The molecule has 2 aromatic heterocycles. The van der Waals surface area contributed by atoms with Crippen molar-refractivity contribution in [1.82, 2.24) is 20.6 Å². The number of rotatable bonds is 6. The standard InChI is InChI=1S/C28H25F3N4O6.C2HF3O2/c29-28(30,31)21-22(14-5-2-1-3-6-14)34-40-24(21)26-33-25(35-41-26)15-9-10-18-20(12-15)39-13-19(23(18)36)32-17-8-4-7-16(11-17)27(37)38;3-2(4,5)1(6)7/h1-3,5-6,9-10,12,16-17,19,23,32,36H,4,7-8,11,13H2,(H,37,38);(H,6,7)/t16-,17+,19+,23-;/m1./s1. The molecule has 1 aliphatic heterocycles. The van der Waals surface area contributed by atoms with Gasteiger partial charge in [0.05, 0.1) is 12.0 Å². The van der Waals surface area contributed by atoms with Crippen LogP contribution in [0.5, 0.6) is 5.75 Å². The molecule has 256 valence electrons. The molecule has 4 aromatic rings. The first-order valence-electron chi connectivity index (χ1n) is 14.3. The summed E-state index contributed by atoms with van der Waals surface area (Å²) in [4.78, 5) is 24.4. The first-order chi connectivity index (χ1) is 22.6. The van der Waals surface area contributed by atoms with Gasteiger partial charge in [-0.2, -0.15) is 31.3 Å². The van der Waals surface area contributed by atoms with Crippen LogP contribution in [-0.2, 0) is 15.8 Å². The quantitative estimate of drug-likeness (QED) is 0.181. The van der Waals surface area contributed by atoms with E-state index in [9.17, 15) is 41.4 Å². The number of benzene rings is 2. The molecule has 18 heteroatoms. The van der Waals surface area contributed by atoms with Crippen molar-refractivity contribution in [3.8, 4) is 40.0 Å². The minimum atomic E-state index is -5.08. The molecular formula is C30H26F6N4O8. The highest BCUT2D eigenvalue weighted by molar-refractivity contribution is 5.73. The smallest absolute Gasteiger partial charge is 0.490 e. The number of hydrogen-bond acceptors (Lipinski definition) is 10. The Bertz CT molecular complexity index is 1760. The maximum atomic E-state index is 14.0. The Morgan fingerprint density at radius 3 is 2.27 bits per heavy atom. The number of ether oxygens (including phenoxy) is 1. The Labute approximate surface area is 266 Å². The van der Waals surface area contributed by atoms with E-state index in [2.05, 4.69) is 20.6 Å². The molecule has 4 N–H and O–H groups in total. The molecule has 1 fully saturated rings. The van der Waals surface area contributed by atoms with Crippen LogP contribution in [0.15, 0.2) is 57.6 Å². The summed E-state index contributed by atoms with van der Waals surface area (Å²) < 4.78 is 89.9. The third-order valence-electron chi connectivity index (χ3n) is 7.75. The van der Waals surface area contributed by atoms with Gasteiger partial charge in [0.15, 0.2) is 0 Å². The molecule has 1 aliphatic carbocycles. The summed E-state index contributed by atoms with van der Waals surface area (Å²) in [5.74, 6) is -4.80. The average molecular weight is 685 g/mol. The van der Waals surface area contributed by atoms with Crippen LogP contribution < -0.4 is 10.1 Å². The molecule has 3 heterocycles. The normalized spacial score (nSPS) is 21.0. The number of fused-ring (bicyclic) bond motifs is 1. The molecule has 1 saturated carbocycles. The van der Waals surface area contributed by atoms with Crippen molar-refractivity contribution >= 4 is 11.9 Å². The van der Waals surface area contributed by atoms with E-state index in [1.165, 1.54) is 12.1 Å². The Hall–Kier alpha value is -4.97. The minimum Gasteiger partial charge on any atom is -0.491 e. The van der Waals surface area contributed by atoms with Gasteiger partial charge >= 0.3 is 24.3 Å². The maximum absolute atomic E-state index is 14.0. The van der Waals surface area contributed by atoms with Crippen LogP contribution in [0.1, 0.15) is 42.9 Å². The van der Waals surface area contributed by atoms with Crippen molar-refractivity contribution in [2.75, 3.05) is 6.61 Å². The number of aromatic nitrogens is 3. The Morgan fingerprint density at radius 2 is 1.62 bits per heavy atom. The average Bonchev–Trinajstić information content (AvgIpc) is 3.71. The molecule has 12 nitrogen and oxygen atoms in total. The van der Waals surface area contributed by atoms with Crippen molar-refractivity contribution in [2.45, 2.75) is 56.2 Å². The molecule has 0 saturated heterocycles. The van der Waals surface area contributed by atoms with Gasteiger partial charge < -0.3 is 34.4 Å². The third-order valence-corrected chi connectivity index (χ3v) is 7.75. The summed E-state index contributed by atoms with van der Waals surface area (Å²) in [7, 11) is 0. The van der Waals surface area contributed by atoms with Gasteiger partial charge in [0, 0.05) is 22.7 Å². The van der Waals surface area contributed by atoms with Gasteiger partial charge in [-0.1, -0.05) is 59.2 Å². The lowest BCUT2D eigenvalue weighted by Gasteiger charge is -2.36. The van der Waals surface area contributed by atoms with Crippen molar-refractivity contribution in [1.29, 1.82) is 0 Å². The van der Waals surface area contributed by atoms with Gasteiger partial charge in [-0.15, -0.1) is 0 Å². The lowest BCUT2D eigenvalue weighted by molar-refractivity contribution is -0.192. The van der Waals surface area contributed by atoms with Crippen LogP contribution in [0.2, 0.25) is 0 Å². The van der Waals surface area contributed by atoms with Crippen LogP contribution in [0.3, 0.4) is 0 Å². The van der Waals surface area contributed by atoms with Gasteiger partial charge in [-0.05, 0) is 25.3 Å². The van der Waals surface area contributed by atoms with E-state index in [0.717, 1.165) is 12.8 Å².